The van der Waals surface area contributed by atoms with Crippen LogP contribution in [0.2, 0.25) is 0 Å². The van der Waals surface area contributed by atoms with E-state index >= 15 is 0 Å². The van der Waals surface area contributed by atoms with Crippen LogP contribution in [0.1, 0.15) is 55.5 Å². The lowest BCUT2D eigenvalue weighted by molar-refractivity contribution is 0.0351. The van der Waals surface area contributed by atoms with Crippen LogP contribution in [0.15, 0.2) is 12.3 Å². The zero-order chi connectivity index (χ0) is 25.5. The van der Waals surface area contributed by atoms with Gasteiger partial charge < -0.3 is 25.0 Å². The molecule has 0 spiro atoms. The minimum Gasteiger partial charge on any atom is -0.472 e. The standard InChI is InChI=1S/C26H39N5O4/c1-18-15-31(19(2)17-32)25(33)22-13-20(9-8-12-29(3)4)14-27-24(22)35-23(18)16-30(5)26(34)28-21-10-6-7-11-21/h13-14,18-19,21,23,32H,6-7,10-12,15-17H2,1-5H3,(H,28,34)/t18-,19-,23-/m0/s1. The minimum absolute atomic E-state index is 0.0933. The largest absolute Gasteiger partial charge is 0.472 e. The first-order chi connectivity index (χ1) is 16.7. The molecule has 3 amide bonds. The molecule has 1 fully saturated rings. The summed E-state index contributed by atoms with van der Waals surface area (Å²) in [5.41, 5.74) is 0.939. The van der Waals surface area contributed by atoms with Crippen molar-refractivity contribution in [3.8, 4) is 17.7 Å². The van der Waals surface area contributed by atoms with Gasteiger partial charge in [-0.3, -0.25) is 9.69 Å². The molecule has 3 rings (SSSR count). The fraction of sp³-hybridized carbons (Fsp3) is 0.654. The maximum Gasteiger partial charge on any atom is 0.317 e. The number of urea groups is 1. The second kappa shape index (κ2) is 12.2. The van der Waals surface area contributed by atoms with E-state index in [1.165, 1.54) is 0 Å². The number of amides is 3. The van der Waals surface area contributed by atoms with Gasteiger partial charge in [0.15, 0.2) is 0 Å². The van der Waals surface area contributed by atoms with Crippen molar-refractivity contribution in [3.05, 3.63) is 23.4 Å². The third-order valence-electron chi connectivity index (χ3n) is 6.63. The van der Waals surface area contributed by atoms with Crippen LogP contribution in [0.25, 0.3) is 0 Å². The number of nitrogens with zero attached hydrogens (tertiary/aromatic N) is 4. The smallest absolute Gasteiger partial charge is 0.317 e. The average molecular weight is 486 g/mol. The van der Waals surface area contributed by atoms with Gasteiger partial charge in [0.05, 0.1) is 25.7 Å². The van der Waals surface area contributed by atoms with E-state index in [0.717, 1.165) is 25.7 Å². The number of aliphatic hydroxyl groups is 1. The molecule has 1 aromatic rings. The molecule has 0 radical (unpaired) electrons. The van der Waals surface area contributed by atoms with E-state index in [0.29, 0.717) is 30.8 Å². The van der Waals surface area contributed by atoms with Gasteiger partial charge in [-0.25, -0.2) is 9.78 Å². The zero-order valence-electron chi connectivity index (χ0n) is 21.6. The predicted molar refractivity (Wildman–Crippen MR) is 134 cm³/mol. The Bertz CT molecular complexity index is 951. The highest BCUT2D eigenvalue weighted by atomic mass is 16.5. The Kier molecular flexibility index (Phi) is 9.35. The molecule has 2 N–H and O–H groups in total. The molecule has 2 aliphatic rings. The van der Waals surface area contributed by atoms with Gasteiger partial charge in [-0.15, -0.1) is 0 Å². The molecule has 0 aromatic carbocycles. The average Bonchev–Trinajstić information content (AvgIpc) is 3.33. The first-order valence-electron chi connectivity index (χ1n) is 12.4. The topological polar surface area (TPSA) is 98.2 Å². The second-order valence-electron chi connectivity index (χ2n) is 10.1. The van der Waals surface area contributed by atoms with Gasteiger partial charge in [-0.05, 0) is 39.9 Å². The summed E-state index contributed by atoms with van der Waals surface area (Å²) < 4.78 is 6.27. The van der Waals surface area contributed by atoms with Crippen LogP contribution in [0.5, 0.6) is 5.88 Å². The molecule has 1 aliphatic heterocycles. The maximum atomic E-state index is 13.5. The summed E-state index contributed by atoms with van der Waals surface area (Å²) in [6.45, 7) is 4.98. The van der Waals surface area contributed by atoms with Gasteiger partial charge in [-0.2, -0.15) is 0 Å². The van der Waals surface area contributed by atoms with Crippen molar-refractivity contribution in [2.45, 2.75) is 57.7 Å². The monoisotopic (exact) mass is 485 g/mol. The van der Waals surface area contributed by atoms with Gasteiger partial charge in [0.2, 0.25) is 5.88 Å². The third kappa shape index (κ3) is 7.09. The Hall–Kier alpha value is -2.83. The van der Waals surface area contributed by atoms with Gasteiger partial charge in [-0.1, -0.05) is 31.6 Å². The number of nitrogens with one attached hydrogen (secondary N) is 1. The van der Waals surface area contributed by atoms with E-state index in [1.807, 2.05) is 32.8 Å². The third-order valence-corrected chi connectivity index (χ3v) is 6.63. The molecule has 0 bridgehead atoms. The van der Waals surface area contributed by atoms with Crippen molar-refractivity contribution < 1.29 is 19.4 Å². The number of hydrogen-bond donors (Lipinski definition) is 2. The number of ether oxygens (including phenoxy) is 1. The number of carbonyl (C=O) groups is 2. The fourth-order valence-electron chi connectivity index (χ4n) is 4.40. The molecule has 1 saturated carbocycles. The zero-order valence-corrected chi connectivity index (χ0v) is 21.6. The number of aliphatic hydroxyl groups excluding tert-OH is 1. The van der Waals surface area contributed by atoms with Crippen molar-refractivity contribution in [2.75, 3.05) is 47.4 Å². The Morgan fingerprint density at radius 1 is 1.34 bits per heavy atom. The van der Waals surface area contributed by atoms with Crippen LogP contribution in [-0.4, -0.2) is 102 Å². The van der Waals surface area contributed by atoms with Crippen molar-refractivity contribution in [2.24, 2.45) is 5.92 Å². The lowest BCUT2D eigenvalue weighted by Gasteiger charge is -2.37. The van der Waals surface area contributed by atoms with Gasteiger partial charge in [0.1, 0.15) is 11.7 Å². The first-order valence-corrected chi connectivity index (χ1v) is 12.4. The molecule has 9 nitrogen and oxygen atoms in total. The number of likely N-dealkylation sites (N-methyl/N-ethyl adjacent to an activating group) is 1. The lowest BCUT2D eigenvalue weighted by Crippen LogP contribution is -2.52. The van der Waals surface area contributed by atoms with Gasteiger partial charge >= 0.3 is 6.03 Å². The van der Waals surface area contributed by atoms with E-state index < -0.39 is 0 Å². The van der Waals surface area contributed by atoms with Crippen molar-refractivity contribution in [3.63, 3.8) is 0 Å². The van der Waals surface area contributed by atoms with Gasteiger partial charge in [0.25, 0.3) is 5.91 Å². The highest BCUT2D eigenvalue weighted by Gasteiger charge is 2.35. The Morgan fingerprint density at radius 2 is 2.06 bits per heavy atom. The molecule has 9 heteroatoms. The molecular weight excluding hydrogens is 446 g/mol. The summed E-state index contributed by atoms with van der Waals surface area (Å²) in [5.74, 6) is 6.00. The maximum absolute atomic E-state index is 13.5. The van der Waals surface area contributed by atoms with E-state index in [2.05, 4.69) is 22.1 Å². The summed E-state index contributed by atoms with van der Waals surface area (Å²) in [7, 11) is 5.63. The van der Waals surface area contributed by atoms with Crippen molar-refractivity contribution in [1.29, 1.82) is 0 Å². The number of hydrogen-bond acceptors (Lipinski definition) is 6. The molecule has 0 unspecified atom stereocenters. The second-order valence-corrected chi connectivity index (χ2v) is 10.1. The van der Waals surface area contributed by atoms with E-state index in [4.69, 9.17) is 4.74 Å². The molecule has 1 aromatic heterocycles. The Labute approximate surface area is 208 Å². The van der Waals surface area contributed by atoms with Crippen molar-refractivity contribution >= 4 is 11.9 Å². The predicted octanol–water partition coefficient (Wildman–Crippen LogP) is 1.80. The van der Waals surface area contributed by atoms with Crippen LogP contribution < -0.4 is 10.1 Å². The molecule has 3 atom stereocenters. The number of pyridine rings is 1. The van der Waals surface area contributed by atoms with Gasteiger partial charge in [0, 0.05) is 37.3 Å². The molecule has 2 heterocycles. The van der Waals surface area contributed by atoms with E-state index in [9.17, 15) is 14.7 Å². The summed E-state index contributed by atoms with van der Waals surface area (Å²) in [6.07, 6.45) is 5.55. The summed E-state index contributed by atoms with van der Waals surface area (Å²) in [6, 6.07) is 1.44. The van der Waals surface area contributed by atoms with Crippen LogP contribution in [0.3, 0.4) is 0 Å². The Balaban J connectivity index is 1.85. The van der Waals surface area contributed by atoms with E-state index in [-0.39, 0.29) is 48.5 Å². The molecule has 35 heavy (non-hydrogen) atoms. The summed E-state index contributed by atoms with van der Waals surface area (Å²) in [4.78, 5) is 35.9. The molecule has 0 saturated heterocycles. The fourth-order valence-corrected chi connectivity index (χ4v) is 4.40. The summed E-state index contributed by atoms with van der Waals surface area (Å²) in [5, 5.41) is 12.9. The highest BCUT2D eigenvalue weighted by Crippen LogP contribution is 2.27. The van der Waals surface area contributed by atoms with Crippen LogP contribution in [-0.2, 0) is 0 Å². The van der Waals surface area contributed by atoms with E-state index in [1.54, 1.807) is 29.1 Å². The van der Waals surface area contributed by atoms with Crippen molar-refractivity contribution in [1.82, 2.24) is 25.0 Å². The lowest BCUT2D eigenvalue weighted by atomic mass is 10.00. The highest BCUT2D eigenvalue weighted by molar-refractivity contribution is 5.97. The van der Waals surface area contributed by atoms with Crippen LogP contribution >= 0.6 is 0 Å². The Morgan fingerprint density at radius 3 is 2.71 bits per heavy atom. The molecule has 192 valence electrons. The minimum atomic E-state index is -0.382. The normalized spacial score (nSPS) is 21.3. The number of carbonyl (C=O) groups excluding carboxylic acids is 2. The number of aromatic nitrogens is 1. The SMILES string of the molecule is C[C@H]1CN([C@@H](C)CO)C(=O)c2cc(C#CCN(C)C)cnc2O[C@H]1CN(C)C(=O)NC1CCCC1. The number of fused-ring (bicyclic) bond motifs is 1. The van der Waals surface area contributed by atoms with Crippen LogP contribution in [0, 0.1) is 17.8 Å². The summed E-state index contributed by atoms with van der Waals surface area (Å²) >= 11 is 0. The molecular formula is C26H39N5O4. The molecule has 1 aliphatic carbocycles. The first kappa shape index (κ1) is 26.8. The quantitative estimate of drug-likeness (QED) is 0.597. The number of rotatable bonds is 6. The van der Waals surface area contributed by atoms with Crippen LogP contribution in [0.4, 0.5) is 4.79 Å².